The van der Waals surface area contributed by atoms with E-state index >= 15 is 0 Å². The number of para-hydroxylation sites is 1. The zero-order chi connectivity index (χ0) is 19.2. The minimum absolute atomic E-state index is 0.0878. The molecule has 6 heteroatoms. The molecule has 27 heavy (non-hydrogen) atoms. The Morgan fingerprint density at radius 1 is 1.07 bits per heavy atom. The molecule has 2 aromatic rings. The lowest BCUT2D eigenvalue weighted by Crippen LogP contribution is -2.52. The van der Waals surface area contributed by atoms with E-state index in [4.69, 9.17) is 9.47 Å². The number of methoxy groups -OCH3 is 1. The van der Waals surface area contributed by atoms with Gasteiger partial charge in [-0.05, 0) is 42.8 Å². The number of piperazine rings is 1. The van der Waals surface area contributed by atoms with Crippen molar-refractivity contribution < 1.29 is 18.7 Å². The molecule has 1 amide bonds. The van der Waals surface area contributed by atoms with Crippen LogP contribution < -0.4 is 14.4 Å². The van der Waals surface area contributed by atoms with Gasteiger partial charge in [-0.2, -0.15) is 0 Å². The van der Waals surface area contributed by atoms with Gasteiger partial charge in [0.05, 0.1) is 7.11 Å². The van der Waals surface area contributed by atoms with Gasteiger partial charge in [-0.3, -0.25) is 4.79 Å². The first-order chi connectivity index (χ1) is 13.1. The minimum Gasteiger partial charge on any atom is -0.497 e. The second-order valence-electron chi connectivity index (χ2n) is 6.46. The third-order valence-electron chi connectivity index (χ3n) is 4.78. The lowest BCUT2D eigenvalue weighted by atomic mass is 10.2. The molecule has 0 radical (unpaired) electrons. The van der Waals surface area contributed by atoms with E-state index < -0.39 is 11.9 Å². The van der Waals surface area contributed by atoms with Crippen LogP contribution in [0.2, 0.25) is 0 Å². The first-order valence-corrected chi connectivity index (χ1v) is 9.21. The SMILES string of the molecule is CCC(Oc1ccccc1F)C(=O)N1CCN(c2ccc(OC)cc2)CC1. The minimum atomic E-state index is -0.672. The first-order valence-electron chi connectivity index (χ1n) is 9.21. The summed E-state index contributed by atoms with van der Waals surface area (Å²) < 4.78 is 24.7. The molecule has 1 aliphatic rings. The Bertz CT molecular complexity index is 758. The number of carbonyl (C=O) groups is 1. The standard InChI is InChI=1S/C21H25FN2O3/c1-3-19(27-20-7-5-4-6-18(20)22)21(25)24-14-12-23(13-15-24)16-8-10-17(26-2)11-9-16/h4-11,19H,3,12-15H2,1-2H3. The van der Waals surface area contributed by atoms with Crippen molar-refractivity contribution in [1.82, 2.24) is 4.90 Å². The quantitative estimate of drug-likeness (QED) is 0.780. The number of amides is 1. The van der Waals surface area contributed by atoms with Crippen molar-refractivity contribution in [2.45, 2.75) is 19.4 Å². The zero-order valence-electron chi connectivity index (χ0n) is 15.7. The van der Waals surface area contributed by atoms with Crippen LogP contribution in [0.3, 0.4) is 0 Å². The highest BCUT2D eigenvalue weighted by molar-refractivity contribution is 5.81. The van der Waals surface area contributed by atoms with Crippen LogP contribution in [0, 0.1) is 5.82 Å². The molecule has 5 nitrogen and oxygen atoms in total. The lowest BCUT2D eigenvalue weighted by molar-refractivity contribution is -0.139. The maximum absolute atomic E-state index is 13.8. The number of hydrogen-bond acceptors (Lipinski definition) is 4. The Kier molecular flexibility index (Phi) is 6.16. The normalized spacial score (nSPS) is 15.4. The van der Waals surface area contributed by atoms with Gasteiger partial charge < -0.3 is 19.3 Å². The Morgan fingerprint density at radius 3 is 2.33 bits per heavy atom. The van der Waals surface area contributed by atoms with Crippen molar-refractivity contribution in [3.63, 3.8) is 0 Å². The van der Waals surface area contributed by atoms with Gasteiger partial charge in [-0.15, -0.1) is 0 Å². The van der Waals surface area contributed by atoms with Crippen LogP contribution in [-0.4, -0.2) is 50.2 Å². The summed E-state index contributed by atoms with van der Waals surface area (Å²) in [6, 6.07) is 14.1. The highest BCUT2D eigenvalue weighted by atomic mass is 19.1. The molecule has 0 saturated carbocycles. The van der Waals surface area contributed by atoms with E-state index in [9.17, 15) is 9.18 Å². The van der Waals surface area contributed by atoms with Gasteiger partial charge in [0.25, 0.3) is 5.91 Å². The van der Waals surface area contributed by atoms with Gasteiger partial charge in [0, 0.05) is 31.9 Å². The fourth-order valence-electron chi connectivity index (χ4n) is 3.18. The summed E-state index contributed by atoms with van der Waals surface area (Å²) in [6.07, 6.45) is -0.180. The number of halogens is 1. The highest BCUT2D eigenvalue weighted by Crippen LogP contribution is 2.22. The topological polar surface area (TPSA) is 42.0 Å². The molecule has 144 valence electrons. The third-order valence-corrected chi connectivity index (χ3v) is 4.78. The van der Waals surface area contributed by atoms with Gasteiger partial charge in [0.15, 0.2) is 17.7 Å². The summed E-state index contributed by atoms with van der Waals surface area (Å²) in [5, 5.41) is 0. The maximum Gasteiger partial charge on any atom is 0.263 e. The number of anilines is 1. The molecule has 1 unspecified atom stereocenters. The smallest absolute Gasteiger partial charge is 0.263 e. The molecule has 1 heterocycles. The average molecular weight is 372 g/mol. The van der Waals surface area contributed by atoms with Crippen molar-refractivity contribution in [3.05, 3.63) is 54.3 Å². The number of nitrogens with zero attached hydrogens (tertiary/aromatic N) is 2. The van der Waals surface area contributed by atoms with E-state index in [1.807, 2.05) is 31.2 Å². The molecule has 0 aromatic heterocycles. The number of ether oxygens (including phenoxy) is 2. The predicted molar refractivity (Wildman–Crippen MR) is 103 cm³/mol. The Hall–Kier alpha value is -2.76. The van der Waals surface area contributed by atoms with Gasteiger partial charge in [-0.1, -0.05) is 19.1 Å². The molecule has 3 rings (SSSR count). The van der Waals surface area contributed by atoms with Gasteiger partial charge in [0.1, 0.15) is 5.75 Å². The molecule has 1 fully saturated rings. The summed E-state index contributed by atoms with van der Waals surface area (Å²) >= 11 is 0. The molecule has 0 bridgehead atoms. The number of hydrogen-bond donors (Lipinski definition) is 0. The Balaban J connectivity index is 1.58. The molecule has 0 spiro atoms. The molecule has 2 aromatic carbocycles. The van der Waals surface area contributed by atoms with Crippen LogP contribution in [0.1, 0.15) is 13.3 Å². The predicted octanol–water partition coefficient (Wildman–Crippen LogP) is 3.34. The van der Waals surface area contributed by atoms with Gasteiger partial charge in [0.2, 0.25) is 0 Å². The van der Waals surface area contributed by atoms with Crippen LogP contribution in [0.25, 0.3) is 0 Å². The largest absolute Gasteiger partial charge is 0.497 e. The molecular weight excluding hydrogens is 347 g/mol. The van der Waals surface area contributed by atoms with Crippen LogP contribution in [0.4, 0.5) is 10.1 Å². The molecule has 1 atom stereocenters. The lowest BCUT2D eigenvalue weighted by Gasteiger charge is -2.37. The van der Waals surface area contributed by atoms with Crippen LogP contribution in [0.15, 0.2) is 48.5 Å². The molecular formula is C21H25FN2O3. The monoisotopic (exact) mass is 372 g/mol. The van der Waals surface area contributed by atoms with Crippen LogP contribution in [-0.2, 0) is 4.79 Å². The van der Waals surface area contributed by atoms with Crippen molar-refractivity contribution in [2.75, 3.05) is 38.2 Å². The van der Waals surface area contributed by atoms with E-state index in [0.29, 0.717) is 19.5 Å². The highest BCUT2D eigenvalue weighted by Gasteiger charge is 2.28. The summed E-state index contributed by atoms with van der Waals surface area (Å²) in [5.41, 5.74) is 1.11. The number of rotatable bonds is 6. The molecule has 1 aliphatic heterocycles. The van der Waals surface area contributed by atoms with E-state index in [1.54, 1.807) is 30.2 Å². The summed E-state index contributed by atoms with van der Waals surface area (Å²) in [7, 11) is 1.65. The van der Waals surface area contributed by atoms with Crippen molar-refractivity contribution in [3.8, 4) is 11.5 Å². The van der Waals surface area contributed by atoms with E-state index in [1.165, 1.54) is 6.07 Å². The molecule has 1 saturated heterocycles. The van der Waals surface area contributed by atoms with Crippen LogP contribution >= 0.6 is 0 Å². The Morgan fingerprint density at radius 2 is 1.74 bits per heavy atom. The molecule has 0 aliphatic carbocycles. The average Bonchev–Trinajstić information content (AvgIpc) is 2.73. The van der Waals surface area contributed by atoms with Gasteiger partial charge >= 0.3 is 0 Å². The van der Waals surface area contributed by atoms with Crippen molar-refractivity contribution >= 4 is 11.6 Å². The second-order valence-corrected chi connectivity index (χ2v) is 6.46. The Labute approximate surface area is 159 Å². The van der Waals surface area contributed by atoms with Gasteiger partial charge in [-0.25, -0.2) is 4.39 Å². The van der Waals surface area contributed by atoms with Crippen LogP contribution in [0.5, 0.6) is 11.5 Å². The fourth-order valence-corrected chi connectivity index (χ4v) is 3.18. The van der Waals surface area contributed by atoms with Crippen molar-refractivity contribution in [1.29, 1.82) is 0 Å². The summed E-state index contributed by atoms with van der Waals surface area (Å²) in [5.74, 6) is 0.404. The molecule has 0 N–H and O–H groups in total. The maximum atomic E-state index is 13.8. The van der Waals surface area contributed by atoms with E-state index in [0.717, 1.165) is 24.5 Å². The number of carbonyl (C=O) groups excluding carboxylic acids is 1. The first kappa shape index (κ1) is 19.0. The third kappa shape index (κ3) is 4.51. The second kappa shape index (κ2) is 8.75. The summed E-state index contributed by atoms with van der Waals surface area (Å²) in [4.78, 5) is 16.9. The fraction of sp³-hybridized carbons (Fsp3) is 0.381. The van der Waals surface area contributed by atoms with E-state index in [2.05, 4.69) is 4.90 Å². The van der Waals surface area contributed by atoms with E-state index in [-0.39, 0.29) is 11.7 Å². The zero-order valence-corrected chi connectivity index (χ0v) is 15.7. The number of benzene rings is 2. The summed E-state index contributed by atoms with van der Waals surface area (Å²) in [6.45, 7) is 4.59. The van der Waals surface area contributed by atoms with Crippen molar-refractivity contribution in [2.24, 2.45) is 0 Å².